The first-order chi connectivity index (χ1) is 20.9. The van der Waals surface area contributed by atoms with Crippen LogP contribution in [0.1, 0.15) is 62.4 Å². The number of nitrogens with one attached hydrogen (secondary N) is 1. The van der Waals surface area contributed by atoms with Crippen molar-refractivity contribution in [3.8, 4) is 5.75 Å². The second kappa shape index (κ2) is 10.4. The van der Waals surface area contributed by atoms with Crippen molar-refractivity contribution in [1.29, 1.82) is 0 Å². The number of para-hydroxylation sites is 1. The highest BCUT2D eigenvalue weighted by atomic mass is 16.5. The van der Waals surface area contributed by atoms with Gasteiger partial charge in [-0.25, -0.2) is 0 Å². The standard InChI is InChI=1S/C37H32N2O4/c1-3-21-43-27-11-8-10-26(22-27)33(40)31-32(34(41)25-17-15-23(2)16-18-25)39-20-19-24-9-4-5-12-28(24)35(39)37(31)29-13-6-7-14-30(29)38-36(37)42/h4-20,22,31-32,35H,3,21H2,1-2H3,(H,38,42)/t31-,32-,35-,37-/m1/s1. The molecule has 214 valence electrons. The van der Waals surface area contributed by atoms with Crippen LogP contribution in [0.15, 0.2) is 103 Å². The quantitative estimate of drug-likeness (QED) is 0.249. The third-order valence-corrected chi connectivity index (χ3v) is 9.05. The van der Waals surface area contributed by atoms with Crippen molar-refractivity contribution >= 4 is 29.2 Å². The number of amides is 1. The molecule has 0 aliphatic carbocycles. The van der Waals surface area contributed by atoms with Gasteiger partial charge in [0.1, 0.15) is 17.2 Å². The van der Waals surface area contributed by atoms with Crippen LogP contribution in [0.5, 0.6) is 5.75 Å². The highest BCUT2D eigenvalue weighted by molar-refractivity contribution is 6.16. The fourth-order valence-corrected chi connectivity index (χ4v) is 7.19. The van der Waals surface area contributed by atoms with Crippen LogP contribution in [-0.2, 0) is 10.2 Å². The van der Waals surface area contributed by atoms with Crippen LogP contribution < -0.4 is 10.1 Å². The Labute approximate surface area is 251 Å². The van der Waals surface area contributed by atoms with E-state index >= 15 is 4.79 Å². The zero-order valence-corrected chi connectivity index (χ0v) is 24.1. The van der Waals surface area contributed by atoms with Gasteiger partial charge in [0.15, 0.2) is 11.6 Å². The highest BCUT2D eigenvalue weighted by Gasteiger charge is 2.70. The van der Waals surface area contributed by atoms with Gasteiger partial charge < -0.3 is 15.0 Å². The van der Waals surface area contributed by atoms with Crippen molar-refractivity contribution in [2.75, 3.05) is 11.9 Å². The predicted molar refractivity (Wildman–Crippen MR) is 166 cm³/mol. The fourth-order valence-electron chi connectivity index (χ4n) is 7.19. The monoisotopic (exact) mass is 568 g/mol. The van der Waals surface area contributed by atoms with E-state index in [9.17, 15) is 9.59 Å². The van der Waals surface area contributed by atoms with Crippen LogP contribution >= 0.6 is 0 Å². The Morgan fingerprint density at radius 3 is 2.47 bits per heavy atom. The predicted octanol–water partition coefficient (Wildman–Crippen LogP) is 6.77. The Hall–Kier alpha value is -4.97. The third kappa shape index (κ3) is 4.04. The summed E-state index contributed by atoms with van der Waals surface area (Å²) in [6, 6.07) is 28.5. The maximum absolute atomic E-state index is 15.0. The Morgan fingerprint density at radius 1 is 0.884 bits per heavy atom. The lowest BCUT2D eigenvalue weighted by atomic mass is 9.62. The summed E-state index contributed by atoms with van der Waals surface area (Å²) in [5, 5.41) is 3.10. The van der Waals surface area contributed by atoms with Crippen molar-refractivity contribution < 1.29 is 19.1 Å². The molecule has 3 aliphatic rings. The summed E-state index contributed by atoms with van der Waals surface area (Å²) in [6.45, 7) is 4.52. The molecule has 3 aliphatic heterocycles. The molecule has 7 rings (SSSR count). The SMILES string of the molecule is CCCOc1cccc(C(=O)[C@H]2[C@H](C(=O)c3ccc(C)cc3)N3C=Cc4ccccc4[C@@H]3[C@]23C(=O)Nc2ccccc23)c1. The Morgan fingerprint density at radius 2 is 1.65 bits per heavy atom. The van der Waals surface area contributed by atoms with E-state index in [1.165, 1.54) is 0 Å². The average Bonchev–Trinajstić information content (AvgIpc) is 3.52. The summed E-state index contributed by atoms with van der Waals surface area (Å²) in [5.74, 6) is -1.17. The molecule has 1 spiro atoms. The molecule has 1 amide bonds. The van der Waals surface area contributed by atoms with Gasteiger partial charge in [-0.2, -0.15) is 0 Å². The summed E-state index contributed by atoms with van der Waals surface area (Å²) < 4.78 is 5.88. The number of ketones is 2. The van der Waals surface area contributed by atoms with Crippen LogP contribution in [0, 0.1) is 12.8 Å². The van der Waals surface area contributed by atoms with Crippen molar-refractivity contribution in [1.82, 2.24) is 4.90 Å². The molecular weight excluding hydrogens is 536 g/mol. The van der Waals surface area contributed by atoms with E-state index in [4.69, 9.17) is 4.74 Å². The van der Waals surface area contributed by atoms with Gasteiger partial charge in [-0.3, -0.25) is 14.4 Å². The number of anilines is 1. The van der Waals surface area contributed by atoms with Gasteiger partial charge in [0, 0.05) is 23.0 Å². The molecule has 0 radical (unpaired) electrons. The lowest BCUT2D eigenvalue weighted by Gasteiger charge is -2.38. The molecule has 1 N–H and O–H groups in total. The van der Waals surface area contributed by atoms with E-state index in [1.54, 1.807) is 18.2 Å². The average molecular weight is 569 g/mol. The van der Waals surface area contributed by atoms with Crippen LogP contribution in [0.3, 0.4) is 0 Å². The van der Waals surface area contributed by atoms with Crippen LogP contribution in [0.2, 0.25) is 0 Å². The van der Waals surface area contributed by atoms with E-state index in [-0.39, 0.29) is 17.5 Å². The normalized spacial score (nSPS) is 23.0. The number of ether oxygens (including phenoxy) is 1. The summed E-state index contributed by atoms with van der Waals surface area (Å²) in [4.78, 5) is 46.2. The highest BCUT2D eigenvalue weighted by Crippen LogP contribution is 2.62. The minimum absolute atomic E-state index is 0.195. The molecule has 1 fully saturated rings. The van der Waals surface area contributed by atoms with Gasteiger partial charge in [-0.1, -0.05) is 91.3 Å². The first kappa shape index (κ1) is 26.9. The Kier molecular flexibility index (Phi) is 6.50. The molecule has 0 unspecified atom stereocenters. The van der Waals surface area contributed by atoms with Gasteiger partial charge in [0.2, 0.25) is 5.91 Å². The maximum Gasteiger partial charge on any atom is 0.238 e. The number of hydrogen-bond donors (Lipinski definition) is 1. The van der Waals surface area contributed by atoms with Crippen molar-refractivity contribution in [2.45, 2.75) is 37.8 Å². The van der Waals surface area contributed by atoms with Crippen molar-refractivity contribution in [3.63, 3.8) is 0 Å². The zero-order chi connectivity index (χ0) is 29.7. The minimum Gasteiger partial charge on any atom is -0.494 e. The van der Waals surface area contributed by atoms with Crippen molar-refractivity contribution in [3.05, 3.63) is 137 Å². The number of Topliss-reactive ketones (excluding diaryl/α,β-unsaturated/α-hetero) is 2. The number of carbonyl (C=O) groups is 3. The van der Waals surface area contributed by atoms with Gasteiger partial charge in [0.25, 0.3) is 0 Å². The van der Waals surface area contributed by atoms with Gasteiger partial charge >= 0.3 is 0 Å². The van der Waals surface area contributed by atoms with Gasteiger partial charge in [-0.05, 0) is 54.3 Å². The summed E-state index contributed by atoms with van der Waals surface area (Å²) in [6.07, 6.45) is 4.70. The number of carbonyl (C=O) groups excluding carboxylic acids is 3. The van der Waals surface area contributed by atoms with Crippen LogP contribution in [0.25, 0.3) is 6.08 Å². The largest absolute Gasteiger partial charge is 0.494 e. The number of benzene rings is 4. The third-order valence-electron chi connectivity index (χ3n) is 9.05. The smallest absolute Gasteiger partial charge is 0.238 e. The summed E-state index contributed by atoms with van der Waals surface area (Å²) >= 11 is 0. The maximum atomic E-state index is 15.0. The molecule has 4 aromatic rings. The lowest BCUT2D eigenvalue weighted by molar-refractivity contribution is -0.122. The topological polar surface area (TPSA) is 75.7 Å². The zero-order valence-electron chi connectivity index (χ0n) is 24.1. The molecule has 6 heteroatoms. The molecule has 3 heterocycles. The van der Waals surface area contributed by atoms with E-state index in [2.05, 4.69) is 5.32 Å². The molecule has 0 aromatic heterocycles. The van der Waals surface area contributed by atoms with Crippen LogP contribution in [-0.4, -0.2) is 35.0 Å². The fraction of sp³-hybridized carbons (Fsp3) is 0.216. The Balaban J connectivity index is 1.49. The summed E-state index contributed by atoms with van der Waals surface area (Å²) in [5.41, 5.74) is 3.86. The number of aryl methyl sites for hydroxylation is 1. The molecule has 0 saturated carbocycles. The van der Waals surface area contributed by atoms with Gasteiger partial charge in [0.05, 0.1) is 18.6 Å². The van der Waals surface area contributed by atoms with E-state index < -0.39 is 23.4 Å². The van der Waals surface area contributed by atoms with Crippen LogP contribution in [0.4, 0.5) is 5.69 Å². The molecule has 1 saturated heterocycles. The molecule has 4 aromatic carbocycles. The van der Waals surface area contributed by atoms with Gasteiger partial charge in [-0.15, -0.1) is 0 Å². The number of nitrogens with zero attached hydrogens (tertiary/aromatic N) is 1. The molecule has 4 atom stereocenters. The second-order valence-electron chi connectivity index (χ2n) is 11.6. The first-order valence-electron chi connectivity index (χ1n) is 14.8. The van der Waals surface area contributed by atoms with E-state index in [1.807, 2.05) is 110 Å². The molecule has 43 heavy (non-hydrogen) atoms. The molecule has 0 bridgehead atoms. The summed E-state index contributed by atoms with van der Waals surface area (Å²) in [7, 11) is 0. The molecule has 6 nitrogen and oxygen atoms in total. The van der Waals surface area contributed by atoms with Crippen molar-refractivity contribution in [2.24, 2.45) is 5.92 Å². The lowest BCUT2D eigenvalue weighted by Crippen LogP contribution is -2.49. The minimum atomic E-state index is -1.36. The first-order valence-corrected chi connectivity index (χ1v) is 14.8. The Bertz CT molecular complexity index is 1790. The number of fused-ring (bicyclic) bond motifs is 6. The second-order valence-corrected chi connectivity index (χ2v) is 11.6. The van der Waals surface area contributed by atoms with E-state index in [0.717, 1.165) is 28.7 Å². The number of rotatable bonds is 7. The van der Waals surface area contributed by atoms with E-state index in [0.29, 0.717) is 29.2 Å². The molecular formula is C37H32N2O4. The number of hydrogen-bond acceptors (Lipinski definition) is 5.